The fourth-order valence-corrected chi connectivity index (χ4v) is 3.27. The summed E-state index contributed by atoms with van der Waals surface area (Å²) < 4.78 is 10.5. The van der Waals surface area contributed by atoms with E-state index in [1.165, 1.54) is 17.5 Å². The van der Waals surface area contributed by atoms with Gasteiger partial charge in [-0.2, -0.15) is 0 Å². The summed E-state index contributed by atoms with van der Waals surface area (Å²) in [4.78, 5) is 0. The van der Waals surface area contributed by atoms with Gasteiger partial charge in [-0.1, -0.05) is 24.3 Å². The lowest BCUT2D eigenvalue weighted by atomic mass is 9.68. The van der Waals surface area contributed by atoms with E-state index in [1.54, 1.807) is 7.11 Å². The number of rotatable bonds is 8. The zero-order chi connectivity index (χ0) is 14.3. The SMILES string of the molecule is COCCOCCCC1(CO)CCCc2ccccc21. The van der Waals surface area contributed by atoms with Crippen molar-refractivity contribution in [2.24, 2.45) is 0 Å². The molecule has 3 heteroatoms. The van der Waals surface area contributed by atoms with Crippen LogP contribution in [-0.4, -0.2) is 38.6 Å². The Morgan fingerprint density at radius 3 is 2.85 bits per heavy atom. The molecule has 0 fully saturated rings. The van der Waals surface area contributed by atoms with Crippen LogP contribution in [0, 0.1) is 0 Å². The van der Waals surface area contributed by atoms with Crippen molar-refractivity contribution >= 4 is 0 Å². The molecule has 0 bridgehead atoms. The molecule has 0 amide bonds. The Bertz CT molecular complexity index is 405. The molecular weight excluding hydrogens is 252 g/mol. The van der Waals surface area contributed by atoms with Gasteiger partial charge in [0.05, 0.1) is 19.8 Å². The summed E-state index contributed by atoms with van der Waals surface area (Å²) in [5.74, 6) is 0. The van der Waals surface area contributed by atoms with E-state index >= 15 is 0 Å². The number of ether oxygens (including phenoxy) is 2. The van der Waals surface area contributed by atoms with Gasteiger partial charge in [-0.05, 0) is 43.2 Å². The molecule has 1 N–H and O–H groups in total. The fraction of sp³-hybridized carbons (Fsp3) is 0.647. The maximum atomic E-state index is 9.97. The average molecular weight is 278 g/mol. The molecular formula is C17H26O3. The Kier molecular flexibility index (Phi) is 6.02. The van der Waals surface area contributed by atoms with Crippen molar-refractivity contribution in [3.05, 3.63) is 35.4 Å². The van der Waals surface area contributed by atoms with Crippen LogP contribution in [0.25, 0.3) is 0 Å². The predicted octanol–water partition coefficient (Wildman–Crippen LogP) is 2.70. The van der Waals surface area contributed by atoms with Crippen molar-refractivity contribution in [1.82, 2.24) is 0 Å². The van der Waals surface area contributed by atoms with Crippen LogP contribution < -0.4 is 0 Å². The number of aliphatic hydroxyl groups is 1. The molecule has 20 heavy (non-hydrogen) atoms. The number of benzene rings is 1. The van der Waals surface area contributed by atoms with Crippen molar-refractivity contribution in [1.29, 1.82) is 0 Å². The highest BCUT2D eigenvalue weighted by Gasteiger charge is 2.35. The minimum atomic E-state index is -0.0561. The summed E-state index contributed by atoms with van der Waals surface area (Å²) in [5, 5.41) is 9.97. The van der Waals surface area contributed by atoms with Gasteiger partial charge in [0.15, 0.2) is 0 Å². The van der Waals surface area contributed by atoms with Gasteiger partial charge in [0, 0.05) is 19.1 Å². The lowest BCUT2D eigenvalue weighted by molar-refractivity contribution is 0.0626. The van der Waals surface area contributed by atoms with E-state index in [1.807, 2.05) is 0 Å². The highest BCUT2D eigenvalue weighted by atomic mass is 16.5. The van der Waals surface area contributed by atoms with Crippen LogP contribution in [-0.2, 0) is 21.3 Å². The maximum absolute atomic E-state index is 9.97. The first-order valence-electron chi connectivity index (χ1n) is 7.58. The summed E-state index contributed by atoms with van der Waals surface area (Å²) in [6.45, 7) is 2.28. The summed E-state index contributed by atoms with van der Waals surface area (Å²) in [7, 11) is 1.68. The van der Waals surface area contributed by atoms with Crippen molar-refractivity contribution in [3.63, 3.8) is 0 Å². The molecule has 3 nitrogen and oxygen atoms in total. The zero-order valence-electron chi connectivity index (χ0n) is 12.4. The van der Waals surface area contributed by atoms with Crippen LogP contribution in [0.15, 0.2) is 24.3 Å². The minimum Gasteiger partial charge on any atom is -0.395 e. The normalized spacial score (nSPS) is 21.7. The van der Waals surface area contributed by atoms with Crippen LogP contribution in [0.2, 0.25) is 0 Å². The van der Waals surface area contributed by atoms with Gasteiger partial charge in [0.1, 0.15) is 0 Å². The van der Waals surface area contributed by atoms with Gasteiger partial charge in [-0.3, -0.25) is 0 Å². The van der Waals surface area contributed by atoms with E-state index in [9.17, 15) is 5.11 Å². The van der Waals surface area contributed by atoms with E-state index in [0.717, 1.165) is 32.3 Å². The summed E-state index contributed by atoms with van der Waals surface area (Å²) in [5.41, 5.74) is 2.71. The Morgan fingerprint density at radius 1 is 1.20 bits per heavy atom. The number of hydrogen-bond acceptors (Lipinski definition) is 3. The first kappa shape index (κ1) is 15.5. The molecule has 0 radical (unpaired) electrons. The molecule has 1 atom stereocenters. The second-order valence-electron chi connectivity index (χ2n) is 5.66. The molecule has 0 heterocycles. The molecule has 1 aliphatic carbocycles. The summed E-state index contributed by atoms with van der Waals surface area (Å²) >= 11 is 0. The van der Waals surface area contributed by atoms with Crippen LogP contribution in [0.3, 0.4) is 0 Å². The smallest absolute Gasteiger partial charge is 0.0700 e. The number of aryl methyl sites for hydroxylation is 1. The standard InChI is InChI=1S/C17H26O3/c1-19-12-13-20-11-5-10-17(14-18)9-4-7-15-6-2-3-8-16(15)17/h2-3,6,8,18H,4-5,7,9-14H2,1H3. The second-order valence-corrected chi connectivity index (χ2v) is 5.66. The molecule has 0 aromatic heterocycles. The van der Waals surface area contributed by atoms with Crippen LogP contribution in [0.1, 0.15) is 36.8 Å². The van der Waals surface area contributed by atoms with Crippen molar-refractivity contribution in [3.8, 4) is 0 Å². The third kappa shape index (κ3) is 3.60. The van der Waals surface area contributed by atoms with E-state index < -0.39 is 0 Å². The third-order valence-electron chi connectivity index (χ3n) is 4.37. The van der Waals surface area contributed by atoms with Gasteiger partial charge in [0.25, 0.3) is 0 Å². The first-order chi connectivity index (χ1) is 9.82. The Balaban J connectivity index is 1.93. The average Bonchev–Trinajstić information content (AvgIpc) is 2.51. The molecule has 0 saturated carbocycles. The molecule has 1 aromatic rings. The number of fused-ring (bicyclic) bond motifs is 1. The summed E-state index contributed by atoms with van der Waals surface area (Å²) in [6, 6.07) is 8.58. The Morgan fingerprint density at radius 2 is 2.05 bits per heavy atom. The van der Waals surface area contributed by atoms with Gasteiger partial charge in [0.2, 0.25) is 0 Å². The van der Waals surface area contributed by atoms with Crippen molar-refractivity contribution in [2.75, 3.05) is 33.5 Å². The van der Waals surface area contributed by atoms with E-state index in [0.29, 0.717) is 13.2 Å². The highest BCUT2D eigenvalue weighted by molar-refractivity contribution is 5.36. The molecule has 1 aromatic carbocycles. The maximum Gasteiger partial charge on any atom is 0.0700 e. The first-order valence-corrected chi connectivity index (χ1v) is 7.58. The molecule has 2 rings (SSSR count). The minimum absolute atomic E-state index is 0.0561. The quantitative estimate of drug-likeness (QED) is 0.743. The Hall–Kier alpha value is -0.900. The second kappa shape index (κ2) is 7.77. The highest BCUT2D eigenvalue weighted by Crippen LogP contribution is 2.40. The Labute approximate surface area is 121 Å². The number of methoxy groups -OCH3 is 1. The van der Waals surface area contributed by atoms with Gasteiger partial charge < -0.3 is 14.6 Å². The molecule has 1 unspecified atom stereocenters. The van der Waals surface area contributed by atoms with Crippen molar-refractivity contribution < 1.29 is 14.6 Å². The molecule has 0 aliphatic heterocycles. The topological polar surface area (TPSA) is 38.7 Å². The van der Waals surface area contributed by atoms with Crippen LogP contribution in [0.5, 0.6) is 0 Å². The lowest BCUT2D eigenvalue weighted by Gasteiger charge is -2.38. The van der Waals surface area contributed by atoms with E-state index in [2.05, 4.69) is 24.3 Å². The summed E-state index contributed by atoms with van der Waals surface area (Å²) in [6.07, 6.45) is 5.37. The number of aliphatic hydroxyl groups excluding tert-OH is 1. The van der Waals surface area contributed by atoms with Gasteiger partial charge in [-0.25, -0.2) is 0 Å². The van der Waals surface area contributed by atoms with Gasteiger partial charge >= 0.3 is 0 Å². The van der Waals surface area contributed by atoms with E-state index in [-0.39, 0.29) is 12.0 Å². The van der Waals surface area contributed by atoms with Crippen LogP contribution in [0.4, 0.5) is 0 Å². The number of hydrogen-bond donors (Lipinski definition) is 1. The monoisotopic (exact) mass is 278 g/mol. The predicted molar refractivity (Wildman–Crippen MR) is 80.1 cm³/mol. The zero-order valence-corrected chi connectivity index (χ0v) is 12.4. The molecule has 1 aliphatic rings. The van der Waals surface area contributed by atoms with Crippen molar-refractivity contribution in [2.45, 2.75) is 37.5 Å². The fourth-order valence-electron chi connectivity index (χ4n) is 3.27. The largest absolute Gasteiger partial charge is 0.395 e. The third-order valence-corrected chi connectivity index (χ3v) is 4.37. The van der Waals surface area contributed by atoms with Crippen LogP contribution >= 0.6 is 0 Å². The molecule has 112 valence electrons. The molecule has 0 saturated heterocycles. The van der Waals surface area contributed by atoms with Gasteiger partial charge in [-0.15, -0.1) is 0 Å². The molecule has 0 spiro atoms. The lowest BCUT2D eigenvalue weighted by Crippen LogP contribution is -2.35. The van der Waals surface area contributed by atoms with E-state index in [4.69, 9.17) is 9.47 Å².